The summed E-state index contributed by atoms with van der Waals surface area (Å²) in [5.74, 6) is 4.60. The second kappa shape index (κ2) is 17.0. The summed E-state index contributed by atoms with van der Waals surface area (Å²) in [6.45, 7) is 31.1. The summed E-state index contributed by atoms with van der Waals surface area (Å²) in [6, 6.07) is 45.9. The second-order valence-corrected chi connectivity index (χ2v) is 23.6. The van der Waals surface area contributed by atoms with Crippen LogP contribution in [0.1, 0.15) is 130 Å². The number of hydrogen-bond donors (Lipinski definition) is 0. The third-order valence-corrected chi connectivity index (χ3v) is 14.4. The summed E-state index contributed by atoms with van der Waals surface area (Å²) in [4.78, 5) is 0. The lowest BCUT2D eigenvalue weighted by atomic mass is 9.76. The zero-order chi connectivity index (χ0) is 44.8. The van der Waals surface area contributed by atoms with E-state index in [4.69, 9.17) is 22.8 Å². The summed E-state index contributed by atoms with van der Waals surface area (Å²) in [5.41, 5.74) is 5.36. The molecule has 7 rings (SSSR count). The zero-order valence-corrected chi connectivity index (χ0v) is 40.9. The molecular weight excluding hydrogens is 803 g/mol. The average molecular weight is 867 g/mol. The van der Waals surface area contributed by atoms with Crippen LogP contribution in [0.3, 0.4) is 0 Å². The van der Waals surface area contributed by atoms with E-state index in [0.29, 0.717) is 0 Å². The second-order valence-electron chi connectivity index (χ2n) is 20.9. The smallest absolute Gasteiger partial charge is 0.330 e. The molecule has 0 N–H and O–H groups in total. The number of hydrogen-bond acceptors (Lipinski definition) is 5. The quantitative estimate of drug-likeness (QED) is 0.128. The van der Waals surface area contributed by atoms with Gasteiger partial charge in [0.25, 0.3) is 0 Å². The highest BCUT2D eigenvalue weighted by molar-refractivity contribution is 7.57. The third kappa shape index (κ3) is 9.41. The Morgan fingerprint density at radius 2 is 0.613 bits per heavy atom. The summed E-state index contributed by atoms with van der Waals surface area (Å²) < 4.78 is 36.2. The molecule has 0 unspecified atom stereocenters. The summed E-state index contributed by atoms with van der Waals surface area (Å²) in [7, 11) is -3.60. The van der Waals surface area contributed by atoms with Gasteiger partial charge >= 0.3 is 16.8 Å². The van der Waals surface area contributed by atoms with Crippen molar-refractivity contribution in [1.29, 1.82) is 0 Å². The summed E-state index contributed by atoms with van der Waals surface area (Å²) >= 11 is 0. The standard InChI is InChI=1S/C55H64O5P2/c1-51(2,3)37-25-15-19-31-43(37)57-61(58-44-32-20-16-26-38(44)52(4,5)6)47-35-23-29-41-49(47)56-50-42(55(41,13)14)30-24-36-48(50)62(59-45-33-21-17-27-39(45)53(7,8)9)60-46-34-22-18-28-40(46)54(10,11)12/h15-36H,1-14H3. The first kappa shape index (κ1) is 45.2. The van der Waals surface area contributed by atoms with Crippen LogP contribution in [0.2, 0.25) is 0 Å². The van der Waals surface area contributed by atoms with Gasteiger partial charge in [-0.2, -0.15) is 0 Å². The lowest BCUT2D eigenvalue weighted by Gasteiger charge is -2.37. The normalized spacial score (nSPS) is 13.9. The topological polar surface area (TPSA) is 46.2 Å². The van der Waals surface area contributed by atoms with Crippen LogP contribution < -0.4 is 33.4 Å². The first-order valence-electron chi connectivity index (χ1n) is 21.7. The van der Waals surface area contributed by atoms with Crippen LogP contribution in [0.4, 0.5) is 0 Å². The molecule has 5 nitrogen and oxygen atoms in total. The van der Waals surface area contributed by atoms with Crippen LogP contribution in [0.15, 0.2) is 133 Å². The van der Waals surface area contributed by atoms with E-state index in [-0.39, 0.29) is 21.7 Å². The number of para-hydroxylation sites is 6. The highest BCUT2D eigenvalue weighted by Gasteiger charge is 2.42. The van der Waals surface area contributed by atoms with E-state index in [0.717, 1.165) is 78.5 Å². The van der Waals surface area contributed by atoms with Gasteiger partial charge in [-0.3, -0.25) is 0 Å². The molecule has 62 heavy (non-hydrogen) atoms. The molecule has 0 fully saturated rings. The zero-order valence-electron chi connectivity index (χ0n) is 39.1. The maximum atomic E-state index is 7.39. The van der Waals surface area contributed by atoms with Crippen LogP contribution in [0.5, 0.6) is 34.5 Å². The fraction of sp³-hybridized carbons (Fsp3) is 0.345. The number of fused-ring (bicyclic) bond motifs is 2. The van der Waals surface area contributed by atoms with Gasteiger partial charge in [-0.25, -0.2) is 0 Å². The molecule has 6 aromatic rings. The number of rotatable bonds is 10. The van der Waals surface area contributed by atoms with E-state index in [1.165, 1.54) is 0 Å². The molecule has 0 atom stereocenters. The molecule has 0 aliphatic carbocycles. The highest BCUT2D eigenvalue weighted by Crippen LogP contribution is 2.55. The molecule has 0 bridgehead atoms. The Morgan fingerprint density at radius 3 is 0.871 bits per heavy atom. The van der Waals surface area contributed by atoms with Crippen molar-refractivity contribution >= 4 is 27.4 Å². The van der Waals surface area contributed by atoms with Crippen LogP contribution in [0, 0.1) is 0 Å². The molecule has 1 aliphatic heterocycles. The van der Waals surface area contributed by atoms with Gasteiger partial charge in [0.15, 0.2) is 0 Å². The van der Waals surface area contributed by atoms with Gasteiger partial charge in [0.1, 0.15) is 34.5 Å². The number of ether oxygens (including phenoxy) is 1. The Bertz CT molecular complexity index is 2250. The molecule has 7 heteroatoms. The van der Waals surface area contributed by atoms with Gasteiger partial charge in [0.05, 0.1) is 10.6 Å². The van der Waals surface area contributed by atoms with Gasteiger partial charge in [-0.15, -0.1) is 0 Å². The van der Waals surface area contributed by atoms with Crippen molar-refractivity contribution in [1.82, 2.24) is 0 Å². The van der Waals surface area contributed by atoms with Crippen LogP contribution >= 0.6 is 16.8 Å². The summed E-state index contributed by atoms with van der Waals surface area (Å²) in [5, 5.41) is 1.70. The largest absolute Gasteiger partial charge is 0.455 e. The predicted octanol–water partition coefficient (Wildman–Crippen LogP) is 15.5. The molecular formula is C55H64O5P2. The van der Waals surface area contributed by atoms with Crippen LogP contribution in [0.25, 0.3) is 0 Å². The molecule has 0 radical (unpaired) electrons. The molecule has 0 saturated carbocycles. The Kier molecular flexibility index (Phi) is 12.4. The van der Waals surface area contributed by atoms with Gasteiger partial charge in [-0.05, 0) is 80.3 Å². The maximum absolute atomic E-state index is 7.39. The summed E-state index contributed by atoms with van der Waals surface area (Å²) in [6.07, 6.45) is 0. The van der Waals surface area contributed by atoms with Crippen molar-refractivity contribution in [3.8, 4) is 34.5 Å². The molecule has 0 amide bonds. The average Bonchev–Trinajstić information content (AvgIpc) is 3.19. The van der Waals surface area contributed by atoms with Crippen LogP contribution in [-0.4, -0.2) is 0 Å². The van der Waals surface area contributed by atoms with E-state index in [1.54, 1.807) is 0 Å². The Labute approximate surface area is 374 Å². The Morgan fingerprint density at radius 1 is 0.355 bits per heavy atom. The third-order valence-electron chi connectivity index (χ3n) is 11.4. The lowest BCUT2D eigenvalue weighted by molar-refractivity contribution is 0.419. The minimum atomic E-state index is -1.80. The Hall–Kier alpha value is -4.82. The van der Waals surface area contributed by atoms with Crippen molar-refractivity contribution in [2.24, 2.45) is 0 Å². The molecule has 0 saturated heterocycles. The first-order chi connectivity index (χ1) is 29.0. The minimum Gasteiger partial charge on any atom is -0.455 e. The van der Waals surface area contributed by atoms with Crippen molar-refractivity contribution < 1.29 is 22.8 Å². The van der Waals surface area contributed by atoms with Crippen molar-refractivity contribution in [3.63, 3.8) is 0 Å². The van der Waals surface area contributed by atoms with Gasteiger partial charge in [0, 0.05) is 16.5 Å². The fourth-order valence-corrected chi connectivity index (χ4v) is 10.9. The molecule has 324 valence electrons. The van der Waals surface area contributed by atoms with Crippen molar-refractivity contribution in [3.05, 3.63) is 167 Å². The molecule has 1 aliphatic rings. The molecule has 0 spiro atoms. The van der Waals surface area contributed by atoms with Crippen LogP contribution in [-0.2, 0) is 27.1 Å². The van der Waals surface area contributed by atoms with E-state index < -0.39 is 22.2 Å². The first-order valence-corrected chi connectivity index (χ1v) is 24.1. The number of benzene rings is 6. The van der Waals surface area contributed by atoms with Gasteiger partial charge in [0.2, 0.25) is 0 Å². The lowest BCUT2D eigenvalue weighted by Crippen LogP contribution is -2.31. The van der Waals surface area contributed by atoms with E-state index >= 15 is 0 Å². The molecule has 1 heterocycles. The fourth-order valence-electron chi connectivity index (χ4n) is 8.04. The Balaban J connectivity index is 1.42. The van der Waals surface area contributed by atoms with E-state index in [1.807, 2.05) is 24.3 Å². The minimum absolute atomic E-state index is 0.169. The maximum Gasteiger partial charge on any atom is 0.330 e. The van der Waals surface area contributed by atoms with Gasteiger partial charge in [-0.1, -0.05) is 194 Å². The van der Waals surface area contributed by atoms with E-state index in [2.05, 4.69) is 206 Å². The van der Waals surface area contributed by atoms with Crippen molar-refractivity contribution in [2.75, 3.05) is 0 Å². The SMILES string of the molecule is CC(C)(C)c1ccccc1OP(Oc1ccccc1C(C)(C)C)c1cccc2c1Oc1c(P(Oc3ccccc3C(C)(C)C)Oc3ccccc3C(C)(C)C)cccc1C2(C)C. The van der Waals surface area contributed by atoms with Gasteiger partial charge < -0.3 is 22.8 Å². The predicted molar refractivity (Wildman–Crippen MR) is 261 cm³/mol. The molecule has 0 aromatic heterocycles. The van der Waals surface area contributed by atoms with E-state index in [9.17, 15) is 0 Å². The monoisotopic (exact) mass is 866 g/mol. The van der Waals surface area contributed by atoms with Crippen molar-refractivity contribution in [2.45, 2.75) is 124 Å². The highest BCUT2D eigenvalue weighted by atomic mass is 31.2. The molecule has 6 aromatic carbocycles.